The molecule has 1 rings (SSSR count). The summed E-state index contributed by atoms with van der Waals surface area (Å²) in [6, 6.07) is 0. The molecular weight excluding hydrogens is 949 g/mol. The maximum atomic E-state index is 13.2. The van der Waals surface area contributed by atoms with Crippen molar-refractivity contribution in [2.75, 3.05) is 13.2 Å². The number of hydrogen-bond acceptors (Lipinski definition) is 11. The Balaban J connectivity index is 2.70. The van der Waals surface area contributed by atoms with E-state index in [-0.39, 0.29) is 25.9 Å². The zero-order valence-electron chi connectivity index (χ0n) is 47.8. The summed E-state index contributed by atoms with van der Waals surface area (Å²) in [4.78, 5) is 51.2. The van der Waals surface area contributed by atoms with Crippen molar-refractivity contribution >= 4 is 23.9 Å². The van der Waals surface area contributed by atoms with Crippen LogP contribution in [0.5, 0.6) is 0 Å². The number of carboxylic acids is 1. The summed E-state index contributed by atoms with van der Waals surface area (Å²) in [5.41, 5.74) is 0. The molecule has 6 unspecified atom stereocenters. The highest BCUT2D eigenvalue weighted by molar-refractivity contribution is 5.74. The van der Waals surface area contributed by atoms with Gasteiger partial charge in [0, 0.05) is 19.3 Å². The predicted octanol–water partition coefficient (Wildman–Crippen LogP) is 15.8. The summed E-state index contributed by atoms with van der Waals surface area (Å²) in [7, 11) is 0. The summed E-state index contributed by atoms with van der Waals surface area (Å²) in [5.74, 6) is -3.14. The first-order chi connectivity index (χ1) is 36.6. The number of carboxylic acid groups (broad SMARTS) is 1. The van der Waals surface area contributed by atoms with Crippen LogP contribution in [0.3, 0.4) is 0 Å². The third-order valence-corrected chi connectivity index (χ3v) is 13.8. The molecule has 0 bridgehead atoms. The van der Waals surface area contributed by atoms with Gasteiger partial charge in [-0.2, -0.15) is 0 Å². The molecule has 75 heavy (non-hydrogen) atoms. The lowest BCUT2D eigenvalue weighted by molar-refractivity contribution is -0.301. The summed E-state index contributed by atoms with van der Waals surface area (Å²) in [6.07, 6.45) is 49.3. The van der Waals surface area contributed by atoms with E-state index in [1.165, 1.54) is 96.3 Å². The Kier molecular flexibility index (Phi) is 47.8. The van der Waals surface area contributed by atoms with Crippen molar-refractivity contribution in [1.29, 1.82) is 0 Å². The van der Waals surface area contributed by atoms with E-state index in [0.29, 0.717) is 19.3 Å². The van der Waals surface area contributed by atoms with Gasteiger partial charge in [0.15, 0.2) is 24.6 Å². The molecule has 12 heteroatoms. The molecule has 0 aromatic heterocycles. The lowest BCUT2D eigenvalue weighted by Crippen LogP contribution is -2.61. The zero-order chi connectivity index (χ0) is 54.7. The second kappa shape index (κ2) is 51.4. The van der Waals surface area contributed by atoms with Crippen LogP contribution in [-0.2, 0) is 42.9 Å². The number of carbonyl (C=O) groups is 4. The van der Waals surface area contributed by atoms with Gasteiger partial charge in [-0.1, -0.05) is 204 Å². The molecule has 0 spiro atoms. The average molecular weight is 1060 g/mol. The van der Waals surface area contributed by atoms with Crippen molar-refractivity contribution in [3.63, 3.8) is 0 Å². The van der Waals surface area contributed by atoms with Gasteiger partial charge in [-0.25, -0.2) is 4.79 Å². The number of aliphatic carboxylic acids is 1. The molecule has 12 nitrogen and oxygen atoms in total. The topological polar surface area (TPSA) is 175 Å². The van der Waals surface area contributed by atoms with Gasteiger partial charge in [0.2, 0.25) is 0 Å². The molecule has 0 aromatic rings. The number of esters is 3. The maximum Gasteiger partial charge on any atom is 0.335 e. The third kappa shape index (κ3) is 41.5. The summed E-state index contributed by atoms with van der Waals surface area (Å²) in [6.45, 7) is 5.95. The van der Waals surface area contributed by atoms with Gasteiger partial charge in [-0.15, -0.1) is 0 Å². The summed E-state index contributed by atoms with van der Waals surface area (Å²) in [5, 5.41) is 31.5. The fourth-order valence-corrected chi connectivity index (χ4v) is 9.09. The van der Waals surface area contributed by atoms with Crippen LogP contribution in [0.1, 0.15) is 278 Å². The Morgan fingerprint density at radius 2 is 0.800 bits per heavy atom. The number of carbonyl (C=O) groups excluding carboxylic acids is 3. The minimum Gasteiger partial charge on any atom is -0.479 e. The standard InChI is InChI=1S/C63H110O12/c1-4-7-10-13-16-19-22-25-28-31-34-37-40-43-46-49-55(64)71-52-54(73-56(65)50-47-44-41-38-35-32-29-26-23-20-17-14-11-8-5-2)53-72-63-61(59(68)58(67)60(75-63)62(69)70)74-57(66)51-48-45-42-39-36-33-30-27-24-21-18-15-12-9-6-3/h18,21,25-30,54,58-61,63,67-68H,4-17,19-20,22-24,31-53H2,1-3H3,(H,69,70)/b21-18-,28-25-,29-26-,30-27-. The van der Waals surface area contributed by atoms with Gasteiger partial charge >= 0.3 is 23.9 Å². The molecule has 0 amide bonds. The van der Waals surface area contributed by atoms with E-state index in [1.54, 1.807) is 0 Å². The number of hydrogen-bond donors (Lipinski definition) is 3. The van der Waals surface area contributed by atoms with Crippen molar-refractivity contribution in [3.8, 4) is 0 Å². The SMILES string of the molecule is CCCCC/C=C\C/C=C\CCCCCCCC(=O)OC1C(OCC(COC(=O)CCCCCCC/C=C\CCCCCCCC)OC(=O)CCCCCCC/C=C\CCCCCCCC)OC(C(=O)O)C(O)C1O. The van der Waals surface area contributed by atoms with Gasteiger partial charge in [-0.05, 0) is 103 Å². The second-order valence-corrected chi connectivity index (χ2v) is 21.0. The fourth-order valence-electron chi connectivity index (χ4n) is 9.09. The number of allylic oxidation sites excluding steroid dienone is 8. The Morgan fingerprint density at radius 1 is 0.440 bits per heavy atom. The smallest absolute Gasteiger partial charge is 0.335 e. The Bertz CT molecular complexity index is 1490. The summed E-state index contributed by atoms with van der Waals surface area (Å²) >= 11 is 0. The largest absolute Gasteiger partial charge is 0.479 e. The molecule has 1 aliphatic heterocycles. The molecule has 0 aromatic carbocycles. The van der Waals surface area contributed by atoms with Crippen LogP contribution in [-0.4, -0.2) is 89.2 Å². The third-order valence-electron chi connectivity index (χ3n) is 13.8. The molecule has 434 valence electrons. The van der Waals surface area contributed by atoms with Crippen LogP contribution in [0.2, 0.25) is 0 Å². The van der Waals surface area contributed by atoms with E-state index in [0.717, 1.165) is 122 Å². The normalized spacial score (nSPS) is 18.4. The van der Waals surface area contributed by atoms with E-state index in [1.807, 2.05) is 0 Å². The van der Waals surface area contributed by atoms with Gasteiger partial charge in [0.05, 0.1) is 6.61 Å². The van der Waals surface area contributed by atoms with E-state index in [4.69, 9.17) is 23.7 Å². The molecular formula is C63H110O12. The fraction of sp³-hybridized carbons (Fsp3) is 0.810. The zero-order valence-corrected chi connectivity index (χ0v) is 47.8. The molecule has 1 fully saturated rings. The van der Waals surface area contributed by atoms with Gasteiger partial charge in [0.1, 0.15) is 18.8 Å². The van der Waals surface area contributed by atoms with E-state index in [2.05, 4.69) is 69.4 Å². The lowest BCUT2D eigenvalue weighted by atomic mass is 9.98. The molecule has 0 saturated carbocycles. The first-order valence-electron chi connectivity index (χ1n) is 30.6. The molecule has 6 atom stereocenters. The highest BCUT2D eigenvalue weighted by Crippen LogP contribution is 2.26. The van der Waals surface area contributed by atoms with Crippen molar-refractivity contribution in [2.24, 2.45) is 0 Å². The van der Waals surface area contributed by atoms with Crippen LogP contribution in [0, 0.1) is 0 Å². The number of aliphatic hydroxyl groups excluding tert-OH is 2. The first kappa shape index (κ1) is 69.7. The highest BCUT2D eigenvalue weighted by Gasteiger charge is 2.50. The van der Waals surface area contributed by atoms with Gasteiger partial charge in [-0.3, -0.25) is 14.4 Å². The number of rotatable bonds is 52. The van der Waals surface area contributed by atoms with Crippen LogP contribution in [0.25, 0.3) is 0 Å². The van der Waals surface area contributed by atoms with Crippen LogP contribution >= 0.6 is 0 Å². The van der Waals surface area contributed by atoms with Crippen molar-refractivity contribution in [2.45, 2.75) is 314 Å². The molecule has 1 saturated heterocycles. The minimum absolute atomic E-state index is 0.0438. The Morgan fingerprint density at radius 3 is 1.24 bits per heavy atom. The van der Waals surface area contributed by atoms with Crippen LogP contribution < -0.4 is 0 Å². The van der Waals surface area contributed by atoms with Crippen molar-refractivity contribution < 1.29 is 58.2 Å². The highest BCUT2D eigenvalue weighted by atomic mass is 16.7. The minimum atomic E-state index is -1.91. The quantitative estimate of drug-likeness (QED) is 0.0228. The Labute approximate surface area is 456 Å². The number of unbranched alkanes of at least 4 members (excludes halogenated alkanes) is 30. The van der Waals surface area contributed by atoms with Crippen LogP contribution in [0.4, 0.5) is 0 Å². The maximum absolute atomic E-state index is 13.2. The summed E-state index contributed by atoms with van der Waals surface area (Å²) < 4.78 is 28.4. The molecule has 0 radical (unpaired) electrons. The van der Waals surface area contributed by atoms with E-state index in [9.17, 15) is 34.5 Å². The molecule has 1 heterocycles. The van der Waals surface area contributed by atoms with Crippen molar-refractivity contribution in [3.05, 3.63) is 48.6 Å². The average Bonchev–Trinajstić information content (AvgIpc) is 3.39. The van der Waals surface area contributed by atoms with Crippen molar-refractivity contribution in [1.82, 2.24) is 0 Å². The molecule has 0 aliphatic carbocycles. The Hall–Kier alpha value is -3.32. The second-order valence-electron chi connectivity index (χ2n) is 21.0. The first-order valence-corrected chi connectivity index (χ1v) is 30.6. The molecule has 1 aliphatic rings. The molecule has 3 N–H and O–H groups in total. The monoisotopic (exact) mass is 1060 g/mol. The predicted molar refractivity (Wildman–Crippen MR) is 303 cm³/mol. The van der Waals surface area contributed by atoms with Gasteiger partial charge < -0.3 is 39.0 Å². The number of ether oxygens (including phenoxy) is 5. The van der Waals surface area contributed by atoms with E-state index >= 15 is 0 Å². The van der Waals surface area contributed by atoms with Gasteiger partial charge in [0.25, 0.3) is 0 Å². The van der Waals surface area contributed by atoms with Crippen LogP contribution in [0.15, 0.2) is 48.6 Å². The van der Waals surface area contributed by atoms with E-state index < -0.39 is 67.3 Å². The lowest BCUT2D eigenvalue weighted by Gasteiger charge is -2.40. The number of aliphatic hydroxyl groups is 2.